The molecule has 11 nitrogen and oxygen atoms in total. The molecule has 1 aromatic carbocycles. The molecule has 1 saturated heterocycles. The van der Waals surface area contributed by atoms with Crippen LogP contribution in [0.4, 0.5) is 5.95 Å². The number of carbonyl (C=O) groups is 1. The molecule has 0 atom stereocenters. The quantitative estimate of drug-likeness (QED) is 0.266. The van der Waals surface area contributed by atoms with Crippen molar-refractivity contribution < 1.29 is 14.3 Å². The van der Waals surface area contributed by atoms with Gasteiger partial charge < -0.3 is 19.7 Å². The van der Waals surface area contributed by atoms with Crippen molar-refractivity contribution in [2.75, 3.05) is 53.3 Å². The first-order valence-corrected chi connectivity index (χ1v) is 14.1. The minimum Gasteiger partial charge on any atom is -0.495 e. The summed E-state index contributed by atoms with van der Waals surface area (Å²) in [6.07, 6.45) is 3.31. The molecule has 222 valence electrons. The number of hydrogen-bond acceptors (Lipinski definition) is 9. The number of likely N-dealkylation sites (tertiary alicyclic amines) is 1. The Morgan fingerprint density at radius 1 is 1.24 bits per heavy atom. The highest BCUT2D eigenvalue weighted by atomic mass is 35.5. The third kappa shape index (κ3) is 6.02. The first-order chi connectivity index (χ1) is 20.0. The zero-order valence-electron chi connectivity index (χ0n) is 24.4. The second-order valence-electron chi connectivity index (χ2n) is 10.3. The number of rotatable bonds is 10. The number of anilines is 1. The fourth-order valence-electron chi connectivity index (χ4n) is 4.79. The topological polar surface area (TPSA) is 126 Å². The van der Waals surface area contributed by atoms with Gasteiger partial charge in [-0.1, -0.05) is 43.1 Å². The Morgan fingerprint density at radius 3 is 2.43 bits per heavy atom. The molecule has 0 radical (unpaired) electrons. The molecular weight excluding hydrogens is 581 g/mol. The number of nitrogens with zero attached hydrogens (tertiary/aromatic N) is 6. The van der Waals surface area contributed by atoms with Gasteiger partial charge in [0, 0.05) is 62.5 Å². The second-order valence-corrected chi connectivity index (χ2v) is 11.1. The number of nitrogens with one attached hydrogen (secondary N) is 1. The van der Waals surface area contributed by atoms with Crippen LogP contribution in [0.5, 0.6) is 11.5 Å². The lowest BCUT2D eigenvalue weighted by Gasteiger charge is -2.44. The Labute approximate surface area is 254 Å². The molecular formula is C29H33Cl2N7O4. The molecule has 0 spiro atoms. The number of amides is 1. The maximum Gasteiger partial charge on any atom is 0.264 e. The van der Waals surface area contributed by atoms with E-state index in [1.54, 1.807) is 40.9 Å². The fourth-order valence-corrected chi connectivity index (χ4v) is 5.49. The third-order valence-electron chi connectivity index (χ3n) is 7.19. The van der Waals surface area contributed by atoms with Crippen molar-refractivity contribution >= 4 is 46.1 Å². The van der Waals surface area contributed by atoms with Crippen LogP contribution in [0.2, 0.25) is 10.0 Å². The van der Waals surface area contributed by atoms with Crippen molar-refractivity contribution in [3.8, 4) is 28.7 Å². The van der Waals surface area contributed by atoms with Gasteiger partial charge in [0.05, 0.1) is 29.8 Å². The largest absolute Gasteiger partial charge is 0.495 e. The van der Waals surface area contributed by atoms with Crippen LogP contribution in [0, 0.1) is 17.2 Å². The summed E-state index contributed by atoms with van der Waals surface area (Å²) in [7, 11) is 6.58. The zero-order chi connectivity index (χ0) is 30.7. The van der Waals surface area contributed by atoms with Crippen LogP contribution < -0.4 is 20.3 Å². The molecule has 1 N–H and O–H groups in total. The van der Waals surface area contributed by atoms with Gasteiger partial charge in [-0.25, -0.2) is 4.98 Å². The van der Waals surface area contributed by atoms with Crippen LogP contribution in [0.3, 0.4) is 0 Å². The van der Waals surface area contributed by atoms with Crippen LogP contribution in [-0.4, -0.2) is 84.2 Å². The average molecular weight is 615 g/mol. The van der Waals surface area contributed by atoms with E-state index in [1.807, 2.05) is 27.0 Å². The highest BCUT2D eigenvalue weighted by Gasteiger charge is 2.34. The number of ether oxygens (including phenoxy) is 2. The lowest BCUT2D eigenvalue weighted by molar-refractivity contribution is -0.133. The highest BCUT2D eigenvalue weighted by molar-refractivity contribution is 6.41. The Hall–Kier alpha value is -3.85. The average Bonchev–Trinajstić information content (AvgIpc) is 2.94. The first-order valence-electron chi connectivity index (χ1n) is 13.3. The summed E-state index contributed by atoms with van der Waals surface area (Å²) in [5.41, 5.74) is 0.796. The van der Waals surface area contributed by atoms with Crippen LogP contribution >= 0.6 is 23.2 Å². The van der Waals surface area contributed by atoms with Crippen LogP contribution in [0.1, 0.15) is 13.8 Å². The Balaban J connectivity index is 1.67. The molecule has 3 heterocycles. The summed E-state index contributed by atoms with van der Waals surface area (Å²) in [4.78, 5) is 39.4. The molecule has 0 unspecified atom stereocenters. The van der Waals surface area contributed by atoms with E-state index in [4.69, 9.17) is 32.7 Å². The molecule has 42 heavy (non-hydrogen) atoms. The van der Waals surface area contributed by atoms with Crippen molar-refractivity contribution in [3.63, 3.8) is 0 Å². The molecule has 0 bridgehead atoms. The number of likely N-dealkylation sites (N-methyl/N-ethyl adjacent to an activating group) is 1. The van der Waals surface area contributed by atoms with Gasteiger partial charge in [0.2, 0.25) is 5.95 Å². The van der Waals surface area contributed by atoms with Crippen molar-refractivity contribution in [3.05, 3.63) is 50.4 Å². The third-order valence-corrected chi connectivity index (χ3v) is 7.94. The van der Waals surface area contributed by atoms with E-state index in [9.17, 15) is 14.9 Å². The summed E-state index contributed by atoms with van der Waals surface area (Å²) in [6, 6.07) is 5.32. The van der Waals surface area contributed by atoms with Crippen molar-refractivity contribution in [1.29, 1.82) is 5.26 Å². The lowest BCUT2D eigenvalue weighted by atomic mass is 10.0. The standard InChI is InChI=1S/C29H33Cl2N7O4/c1-16(2)9-17(12-32)27(39)37-14-19(15-37)36(4)7-8-38-26-18(13-34-29(33-3)35-26)10-20(28(38)40)23-24(30)21(41-5)11-22(42-6)25(23)31/h9-11,13,16,19H,7-8,14-15H2,1-6H3,(H,33,34,35). The number of carbonyl (C=O) groups excluding carboxylic acids is 1. The summed E-state index contributed by atoms with van der Waals surface area (Å²) < 4.78 is 12.4. The molecule has 0 saturated carbocycles. The van der Waals surface area contributed by atoms with Crippen molar-refractivity contribution in [2.45, 2.75) is 26.4 Å². The molecule has 1 aliphatic rings. The van der Waals surface area contributed by atoms with Gasteiger partial charge in [0.1, 0.15) is 28.8 Å². The summed E-state index contributed by atoms with van der Waals surface area (Å²) in [5.74, 6) is 0.832. The van der Waals surface area contributed by atoms with E-state index in [0.29, 0.717) is 48.1 Å². The van der Waals surface area contributed by atoms with Gasteiger partial charge in [-0.15, -0.1) is 0 Å². The van der Waals surface area contributed by atoms with E-state index >= 15 is 0 Å². The van der Waals surface area contributed by atoms with E-state index < -0.39 is 0 Å². The van der Waals surface area contributed by atoms with Gasteiger partial charge in [-0.2, -0.15) is 10.2 Å². The van der Waals surface area contributed by atoms with Gasteiger partial charge in [0.15, 0.2) is 0 Å². The van der Waals surface area contributed by atoms with Gasteiger partial charge in [-0.3, -0.25) is 19.1 Å². The smallest absolute Gasteiger partial charge is 0.264 e. The first kappa shape index (κ1) is 31.1. The predicted molar refractivity (Wildman–Crippen MR) is 163 cm³/mol. The summed E-state index contributed by atoms with van der Waals surface area (Å²) >= 11 is 13.4. The van der Waals surface area contributed by atoms with E-state index in [1.165, 1.54) is 14.2 Å². The van der Waals surface area contributed by atoms with Crippen molar-refractivity contribution in [1.82, 2.24) is 24.3 Å². The molecule has 2 aromatic heterocycles. The van der Waals surface area contributed by atoms with E-state index in [0.717, 1.165) is 0 Å². The summed E-state index contributed by atoms with van der Waals surface area (Å²) in [6.45, 7) is 5.60. The number of methoxy groups -OCH3 is 2. The highest BCUT2D eigenvalue weighted by Crippen LogP contribution is 2.45. The molecule has 1 aliphatic heterocycles. The minimum absolute atomic E-state index is 0.0760. The van der Waals surface area contributed by atoms with Crippen LogP contribution in [-0.2, 0) is 11.3 Å². The fraction of sp³-hybridized carbons (Fsp3) is 0.414. The molecule has 1 amide bonds. The van der Waals surface area contributed by atoms with Crippen molar-refractivity contribution in [2.24, 2.45) is 5.92 Å². The Morgan fingerprint density at radius 2 is 1.88 bits per heavy atom. The monoisotopic (exact) mass is 613 g/mol. The normalized spacial score (nSPS) is 13.8. The number of allylic oxidation sites excluding steroid dienone is 1. The SMILES string of the molecule is CNc1ncc2cc(-c3c(Cl)c(OC)cc(OC)c3Cl)c(=O)n(CCN(C)C3CN(C(=O)C(C#N)=CC(C)C)C3)c2n1. The van der Waals surface area contributed by atoms with Gasteiger partial charge in [0.25, 0.3) is 11.5 Å². The lowest BCUT2D eigenvalue weighted by Crippen LogP contribution is -2.60. The maximum absolute atomic E-state index is 14.1. The Kier molecular flexibility index (Phi) is 9.61. The van der Waals surface area contributed by atoms with Crippen LogP contribution in [0.25, 0.3) is 22.2 Å². The molecule has 13 heteroatoms. The molecule has 3 aromatic rings. The van der Waals surface area contributed by atoms with E-state index in [-0.39, 0.29) is 56.7 Å². The summed E-state index contributed by atoms with van der Waals surface area (Å²) in [5, 5.41) is 13.3. The second kappa shape index (κ2) is 13.0. The van der Waals surface area contributed by atoms with Gasteiger partial charge >= 0.3 is 0 Å². The maximum atomic E-state index is 14.1. The van der Waals surface area contributed by atoms with Crippen LogP contribution in [0.15, 0.2) is 34.8 Å². The zero-order valence-corrected chi connectivity index (χ0v) is 25.9. The molecule has 0 aliphatic carbocycles. The number of fused-ring (bicyclic) bond motifs is 1. The number of nitriles is 1. The number of hydrogen-bond donors (Lipinski definition) is 1. The number of benzene rings is 1. The predicted octanol–water partition coefficient (Wildman–Crippen LogP) is 4.07. The van der Waals surface area contributed by atoms with E-state index in [2.05, 4.69) is 20.2 Å². The molecule has 4 rings (SSSR count). The number of pyridine rings is 1. The number of halogens is 2. The van der Waals surface area contributed by atoms with Gasteiger partial charge in [-0.05, 0) is 19.0 Å². The minimum atomic E-state index is -0.348. The molecule has 1 fully saturated rings. The Bertz CT molecular complexity index is 1610. The number of aromatic nitrogens is 3.